The molecule has 1 aliphatic rings. The van der Waals surface area contributed by atoms with Crippen molar-refractivity contribution in [1.82, 2.24) is 30.4 Å². The lowest BCUT2D eigenvalue weighted by Crippen LogP contribution is -2.15. The number of nitrogens with one attached hydrogen (secondary N) is 2. The van der Waals surface area contributed by atoms with Crippen LogP contribution in [0.5, 0.6) is 11.5 Å². The summed E-state index contributed by atoms with van der Waals surface area (Å²) in [6, 6.07) is 5.10. The number of rotatable bonds is 12. The van der Waals surface area contributed by atoms with Crippen LogP contribution in [0.3, 0.4) is 0 Å². The van der Waals surface area contributed by atoms with Crippen LogP contribution in [-0.2, 0) is 22.4 Å². The Morgan fingerprint density at radius 1 is 0.773 bits per heavy atom. The van der Waals surface area contributed by atoms with Gasteiger partial charge >= 0.3 is 13.2 Å². The SMILES string of the molecule is O=C(Cc1cc(OC(F)F)ccn1)Nc1nnc(C2CCCC(c3nnc(NC(=O)Cc4cc(OC(F)F)ccn4)s3)C2)s1. The number of halogens is 4. The molecule has 232 valence electrons. The van der Waals surface area contributed by atoms with Crippen LogP contribution in [0.15, 0.2) is 36.7 Å². The predicted molar refractivity (Wildman–Crippen MR) is 150 cm³/mol. The molecule has 1 saturated carbocycles. The van der Waals surface area contributed by atoms with E-state index in [0.29, 0.717) is 10.3 Å². The molecule has 0 radical (unpaired) electrons. The monoisotopic (exact) mass is 652 g/mol. The third-order valence-corrected chi connectivity index (χ3v) is 8.46. The van der Waals surface area contributed by atoms with Gasteiger partial charge in [-0.25, -0.2) is 0 Å². The smallest absolute Gasteiger partial charge is 0.387 e. The average Bonchev–Trinajstić information content (AvgIpc) is 3.63. The maximum atomic E-state index is 12.5. The molecule has 4 aromatic rings. The van der Waals surface area contributed by atoms with Gasteiger partial charge in [0.15, 0.2) is 0 Å². The van der Waals surface area contributed by atoms with E-state index in [1.165, 1.54) is 59.3 Å². The van der Waals surface area contributed by atoms with Crippen molar-refractivity contribution in [3.8, 4) is 11.5 Å². The lowest BCUT2D eigenvalue weighted by Gasteiger charge is -2.25. The molecule has 4 aromatic heterocycles. The van der Waals surface area contributed by atoms with Crippen LogP contribution in [0.1, 0.15) is 58.9 Å². The number of ether oxygens (including phenoxy) is 2. The number of alkyl halides is 4. The minimum absolute atomic E-state index is 0.0810. The van der Waals surface area contributed by atoms with E-state index in [-0.39, 0.29) is 47.6 Å². The first-order valence-electron chi connectivity index (χ1n) is 13.3. The molecule has 2 amide bonds. The quantitative estimate of drug-likeness (QED) is 0.196. The van der Waals surface area contributed by atoms with Crippen LogP contribution >= 0.6 is 22.7 Å². The molecule has 0 aliphatic heterocycles. The normalized spacial score (nSPS) is 16.6. The van der Waals surface area contributed by atoms with Crippen LogP contribution in [0.4, 0.5) is 27.8 Å². The fourth-order valence-electron chi connectivity index (χ4n) is 4.65. The zero-order valence-corrected chi connectivity index (χ0v) is 24.3. The van der Waals surface area contributed by atoms with E-state index in [1.54, 1.807) is 0 Å². The van der Waals surface area contributed by atoms with Gasteiger partial charge in [0.05, 0.1) is 24.2 Å². The van der Waals surface area contributed by atoms with Gasteiger partial charge in [-0.3, -0.25) is 19.6 Å². The van der Waals surface area contributed by atoms with Crippen LogP contribution < -0.4 is 20.1 Å². The molecular formula is C26H24F4N8O4S2. The zero-order chi connectivity index (χ0) is 31.1. The molecule has 2 atom stereocenters. The lowest BCUT2D eigenvalue weighted by atomic mass is 9.82. The molecule has 18 heteroatoms. The number of aromatic nitrogens is 6. The molecule has 1 aliphatic carbocycles. The molecule has 2 N–H and O–H groups in total. The van der Waals surface area contributed by atoms with Gasteiger partial charge in [-0.2, -0.15) is 17.6 Å². The van der Waals surface area contributed by atoms with Gasteiger partial charge in [0.1, 0.15) is 21.5 Å². The van der Waals surface area contributed by atoms with Crippen molar-refractivity contribution in [2.45, 2.75) is 63.6 Å². The third kappa shape index (κ3) is 8.85. The molecule has 44 heavy (non-hydrogen) atoms. The van der Waals surface area contributed by atoms with E-state index < -0.39 is 25.0 Å². The number of pyridine rings is 2. The summed E-state index contributed by atoms with van der Waals surface area (Å²) >= 11 is 2.52. The largest absolute Gasteiger partial charge is 0.435 e. The summed E-state index contributed by atoms with van der Waals surface area (Å²) in [5, 5.41) is 24.2. The first-order chi connectivity index (χ1) is 21.2. The maximum absolute atomic E-state index is 12.5. The molecule has 0 spiro atoms. The van der Waals surface area contributed by atoms with Crippen LogP contribution in [0.2, 0.25) is 0 Å². The molecule has 4 heterocycles. The van der Waals surface area contributed by atoms with Crippen molar-refractivity contribution >= 4 is 44.8 Å². The summed E-state index contributed by atoms with van der Waals surface area (Å²) in [5.74, 6) is -0.865. The molecule has 5 rings (SSSR count). The Balaban J connectivity index is 1.13. The molecule has 1 fully saturated rings. The number of hydrogen-bond donors (Lipinski definition) is 2. The van der Waals surface area contributed by atoms with Gasteiger partial charge in [0.2, 0.25) is 22.1 Å². The number of anilines is 2. The molecule has 2 unspecified atom stereocenters. The van der Waals surface area contributed by atoms with Crippen LogP contribution in [0.25, 0.3) is 0 Å². The van der Waals surface area contributed by atoms with Gasteiger partial charge < -0.3 is 20.1 Å². The van der Waals surface area contributed by atoms with Crippen LogP contribution in [0, 0.1) is 0 Å². The highest BCUT2D eigenvalue weighted by molar-refractivity contribution is 7.15. The van der Waals surface area contributed by atoms with E-state index in [0.717, 1.165) is 35.7 Å². The summed E-state index contributed by atoms with van der Waals surface area (Å²) in [7, 11) is 0. The zero-order valence-electron chi connectivity index (χ0n) is 22.7. The fourth-order valence-corrected chi connectivity index (χ4v) is 6.47. The predicted octanol–water partition coefficient (Wildman–Crippen LogP) is 5.19. The van der Waals surface area contributed by atoms with Crippen molar-refractivity contribution in [3.63, 3.8) is 0 Å². The third-order valence-electron chi connectivity index (χ3n) is 6.46. The second-order valence-electron chi connectivity index (χ2n) is 9.62. The van der Waals surface area contributed by atoms with E-state index in [2.05, 4.69) is 50.5 Å². The van der Waals surface area contributed by atoms with Gasteiger partial charge in [-0.15, -0.1) is 20.4 Å². The van der Waals surface area contributed by atoms with Crippen molar-refractivity contribution in [1.29, 1.82) is 0 Å². The van der Waals surface area contributed by atoms with E-state index >= 15 is 0 Å². The highest BCUT2D eigenvalue weighted by Gasteiger charge is 2.29. The summed E-state index contributed by atoms with van der Waals surface area (Å²) in [5.41, 5.74) is 0.525. The number of nitrogens with zero attached hydrogens (tertiary/aromatic N) is 6. The Morgan fingerprint density at radius 3 is 1.66 bits per heavy atom. The van der Waals surface area contributed by atoms with E-state index in [1.807, 2.05) is 0 Å². The number of carbonyl (C=O) groups excluding carboxylic acids is 2. The average molecular weight is 653 g/mol. The minimum atomic E-state index is -2.98. The molecule has 0 saturated heterocycles. The van der Waals surface area contributed by atoms with Gasteiger partial charge in [-0.1, -0.05) is 29.1 Å². The van der Waals surface area contributed by atoms with Crippen molar-refractivity contribution in [2.24, 2.45) is 0 Å². The summed E-state index contributed by atoms with van der Waals surface area (Å²) in [4.78, 5) is 33.0. The highest BCUT2D eigenvalue weighted by Crippen LogP contribution is 2.43. The summed E-state index contributed by atoms with van der Waals surface area (Å²) in [6.45, 7) is -5.96. The molecule has 12 nitrogen and oxygen atoms in total. The Kier molecular flexibility index (Phi) is 10.2. The standard InChI is InChI=1S/C26H24F4N8O4S2/c27-23(28)41-17-4-6-31-15(9-17)11-19(39)33-25-37-35-21(43-25)13-2-1-3-14(8-13)22-36-38-26(44-22)34-20(40)12-16-10-18(5-7-32-16)42-24(29)30/h4-7,9-10,13-14,23-24H,1-3,8,11-12H2,(H,33,37,39)(H,34,38,40). The lowest BCUT2D eigenvalue weighted by molar-refractivity contribution is -0.116. The number of amides is 2. The van der Waals surface area contributed by atoms with Gasteiger partial charge in [-0.05, 0) is 31.4 Å². The van der Waals surface area contributed by atoms with Crippen molar-refractivity contribution in [3.05, 3.63) is 58.1 Å². The molecular weight excluding hydrogens is 628 g/mol. The van der Waals surface area contributed by atoms with E-state index in [4.69, 9.17) is 0 Å². The summed E-state index contributed by atoms with van der Waals surface area (Å²) in [6.07, 6.45) is 5.64. The molecule has 0 bridgehead atoms. The Labute approximate surface area is 255 Å². The Hall–Kier alpha value is -4.32. The topological polar surface area (TPSA) is 154 Å². The summed E-state index contributed by atoms with van der Waals surface area (Å²) < 4.78 is 58.5. The second-order valence-corrected chi connectivity index (χ2v) is 11.6. The highest BCUT2D eigenvalue weighted by atomic mass is 32.1. The van der Waals surface area contributed by atoms with Crippen molar-refractivity contribution in [2.75, 3.05) is 10.6 Å². The van der Waals surface area contributed by atoms with Crippen molar-refractivity contribution < 1.29 is 36.6 Å². The number of carbonyl (C=O) groups is 2. The molecule has 0 aromatic carbocycles. The van der Waals surface area contributed by atoms with Gasteiger partial charge in [0.25, 0.3) is 0 Å². The van der Waals surface area contributed by atoms with Gasteiger partial charge in [0, 0.05) is 36.4 Å². The second kappa shape index (κ2) is 14.4. The maximum Gasteiger partial charge on any atom is 0.387 e. The number of hydrogen-bond acceptors (Lipinski definition) is 12. The van der Waals surface area contributed by atoms with Crippen LogP contribution in [-0.4, -0.2) is 55.4 Å². The fraction of sp³-hybridized carbons (Fsp3) is 0.385. The first-order valence-corrected chi connectivity index (χ1v) is 14.9. The minimum Gasteiger partial charge on any atom is -0.435 e. The Bertz CT molecular complexity index is 1480. The Morgan fingerprint density at radius 2 is 1.23 bits per heavy atom. The van der Waals surface area contributed by atoms with E-state index in [9.17, 15) is 27.2 Å². The first kappa shape index (κ1) is 31.1.